The lowest BCUT2D eigenvalue weighted by atomic mass is 9.85. The van der Waals surface area contributed by atoms with Crippen molar-refractivity contribution in [1.29, 1.82) is 0 Å². The Balaban J connectivity index is 1.76. The van der Waals surface area contributed by atoms with Gasteiger partial charge in [-0.25, -0.2) is 8.42 Å². The number of aliphatic hydroxyl groups excluding tert-OH is 1. The number of nitrogens with one attached hydrogen (secondary N) is 2. The predicted octanol–water partition coefficient (Wildman–Crippen LogP) is 3.61. The SMILES string of the molecule is CCOP1(=O)N=C(C2=C(O)[C@H](C(C)(C)C)N(CCC3CC3)C2=O)Nc2ccc(NS(C)(=O)=O)cc21. The maximum Gasteiger partial charge on any atom is 0.348 e. The van der Waals surface area contributed by atoms with Gasteiger partial charge in [-0.3, -0.25) is 14.1 Å². The fourth-order valence-corrected chi connectivity index (χ4v) is 6.95. The summed E-state index contributed by atoms with van der Waals surface area (Å²) in [4.78, 5) is 15.3. The van der Waals surface area contributed by atoms with E-state index in [2.05, 4.69) is 14.8 Å². The first kappa shape index (κ1) is 25.7. The minimum Gasteiger partial charge on any atom is -0.509 e. The molecule has 0 bridgehead atoms. The van der Waals surface area contributed by atoms with Crippen LogP contribution in [0.2, 0.25) is 0 Å². The maximum absolute atomic E-state index is 13.9. The highest BCUT2D eigenvalue weighted by molar-refractivity contribution is 7.92. The summed E-state index contributed by atoms with van der Waals surface area (Å²) in [6, 6.07) is 3.93. The standard InChI is InChI=1S/C23H33N4O6PS/c1-6-33-34(30)17-13-15(26-35(5,31)32)9-10-16(17)24-21(25-34)18-19(28)20(23(2,3)4)27(22(18)29)12-11-14-7-8-14/h9-10,13-14,20,26,28H,6-8,11-12H2,1-5H3,(H,24,25,30)/t20-,34?/m1/s1. The number of benzene rings is 1. The maximum atomic E-state index is 13.9. The molecular weight excluding hydrogens is 491 g/mol. The smallest absolute Gasteiger partial charge is 0.348 e. The second kappa shape index (κ2) is 8.94. The van der Waals surface area contributed by atoms with E-state index in [0.717, 1.165) is 25.5 Å². The van der Waals surface area contributed by atoms with Crippen LogP contribution in [0.4, 0.5) is 11.4 Å². The summed E-state index contributed by atoms with van der Waals surface area (Å²) < 4.78 is 49.5. The number of anilines is 2. The van der Waals surface area contributed by atoms with E-state index in [-0.39, 0.29) is 40.7 Å². The van der Waals surface area contributed by atoms with E-state index < -0.39 is 29.0 Å². The second-order valence-electron chi connectivity index (χ2n) is 10.4. The molecule has 4 rings (SSSR count). The zero-order chi connectivity index (χ0) is 25.8. The van der Waals surface area contributed by atoms with E-state index in [9.17, 15) is 22.9 Å². The van der Waals surface area contributed by atoms with Gasteiger partial charge in [-0.15, -0.1) is 0 Å². The Hall–Kier alpha value is -2.36. The Kier molecular flexibility index (Phi) is 6.57. The highest BCUT2D eigenvalue weighted by Crippen LogP contribution is 2.53. The molecule has 2 atom stereocenters. The third kappa shape index (κ3) is 5.27. The summed E-state index contributed by atoms with van der Waals surface area (Å²) in [5.41, 5.74) is 0.130. The average Bonchev–Trinajstić information content (AvgIpc) is 3.50. The highest BCUT2D eigenvalue weighted by atomic mass is 32.2. The highest BCUT2D eigenvalue weighted by Gasteiger charge is 2.48. The fraction of sp³-hybridized carbons (Fsp3) is 0.565. The molecule has 1 aromatic carbocycles. The molecule has 0 saturated heterocycles. The number of fused-ring (bicyclic) bond motifs is 1. The van der Waals surface area contributed by atoms with Gasteiger partial charge >= 0.3 is 7.52 Å². The molecule has 2 heterocycles. The summed E-state index contributed by atoms with van der Waals surface area (Å²) >= 11 is 0. The number of amides is 1. The van der Waals surface area contributed by atoms with Crippen molar-refractivity contribution in [3.63, 3.8) is 0 Å². The minimum absolute atomic E-state index is 0.00959. The third-order valence-electron chi connectivity index (χ3n) is 6.23. The zero-order valence-electron chi connectivity index (χ0n) is 20.7. The Bertz CT molecular complexity index is 1260. The molecule has 3 N–H and O–H groups in total. The number of amidine groups is 1. The Labute approximate surface area is 206 Å². The van der Waals surface area contributed by atoms with Crippen LogP contribution in [-0.4, -0.2) is 55.6 Å². The Morgan fingerprint density at radius 3 is 2.57 bits per heavy atom. The topological polar surface area (TPSA) is 137 Å². The molecule has 35 heavy (non-hydrogen) atoms. The normalized spacial score (nSPS) is 24.8. The lowest BCUT2D eigenvalue weighted by Gasteiger charge is -2.35. The van der Waals surface area contributed by atoms with E-state index >= 15 is 0 Å². The third-order valence-corrected chi connectivity index (χ3v) is 8.88. The number of rotatable bonds is 8. The van der Waals surface area contributed by atoms with Gasteiger partial charge in [0, 0.05) is 12.2 Å². The van der Waals surface area contributed by atoms with Crippen LogP contribution >= 0.6 is 7.52 Å². The molecule has 10 nitrogen and oxygen atoms in total. The van der Waals surface area contributed by atoms with Gasteiger partial charge in [-0.2, -0.15) is 4.76 Å². The van der Waals surface area contributed by atoms with Crippen LogP contribution in [0.3, 0.4) is 0 Å². The van der Waals surface area contributed by atoms with E-state index in [0.29, 0.717) is 18.2 Å². The number of sulfonamides is 1. The van der Waals surface area contributed by atoms with Crippen LogP contribution in [-0.2, 0) is 23.9 Å². The summed E-state index contributed by atoms with van der Waals surface area (Å²) in [7, 11) is -7.44. The molecule has 3 aliphatic rings. The second-order valence-corrected chi connectivity index (χ2v) is 14.1. The van der Waals surface area contributed by atoms with Gasteiger partial charge in [0.15, 0.2) is 5.84 Å². The first-order valence-corrected chi connectivity index (χ1v) is 15.2. The quantitative estimate of drug-likeness (QED) is 0.442. The molecule has 1 fully saturated rings. The van der Waals surface area contributed by atoms with Crippen LogP contribution in [0.25, 0.3) is 0 Å². The van der Waals surface area contributed by atoms with Gasteiger partial charge in [-0.1, -0.05) is 33.6 Å². The van der Waals surface area contributed by atoms with Crippen molar-refractivity contribution in [3.8, 4) is 0 Å². The summed E-state index contributed by atoms with van der Waals surface area (Å²) in [5, 5.41) is 14.5. The summed E-state index contributed by atoms with van der Waals surface area (Å²) in [6.07, 6.45) is 4.21. The molecule has 0 spiro atoms. The first-order chi connectivity index (χ1) is 16.2. The zero-order valence-corrected chi connectivity index (χ0v) is 22.4. The first-order valence-electron chi connectivity index (χ1n) is 11.7. The number of carbonyl (C=O) groups excluding carboxylic acids is 1. The van der Waals surface area contributed by atoms with Crippen molar-refractivity contribution >= 4 is 46.0 Å². The van der Waals surface area contributed by atoms with E-state index in [1.807, 2.05) is 20.8 Å². The van der Waals surface area contributed by atoms with Crippen LogP contribution in [0, 0.1) is 11.3 Å². The molecule has 1 amide bonds. The van der Waals surface area contributed by atoms with Crippen LogP contribution in [0.1, 0.15) is 47.0 Å². The molecule has 192 valence electrons. The lowest BCUT2D eigenvalue weighted by Crippen LogP contribution is -2.44. The van der Waals surface area contributed by atoms with Gasteiger partial charge in [0.1, 0.15) is 11.3 Å². The molecule has 12 heteroatoms. The monoisotopic (exact) mass is 524 g/mol. The largest absolute Gasteiger partial charge is 0.509 e. The number of nitrogens with zero attached hydrogens (tertiary/aromatic N) is 2. The molecule has 0 radical (unpaired) electrons. The molecule has 1 unspecified atom stereocenters. The number of carbonyl (C=O) groups is 1. The van der Waals surface area contributed by atoms with Gasteiger partial charge in [0.2, 0.25) is 10.0 Å². The van der Waals surface area contributed by atoms with Crippen LogP contribution in [0.15, 0.2) is 34.3 Å². The van der Waals surface area contributed by atoms with Gasteiger partial charge in [0.25, 0.3) is 5.91 Å². The average molecular weight is 525 g/mol. The van der Waals surface area contributed by atoms with Gasteiger partial charge in [-0.05, 0) is 42.9 Å². The number of hydrogen-bond acceptors (Lipinski definition) is 7. The molecular formula is C23H33N4O6PS. The van der Waals surface area contributed by atoms with Crippen LogP contribution < -0.4 is 15.3 Å². The Morgan fingerprint density at radius 2 is 2.00 bits per heavy atom. The van der Waals surface area contributed by atoms with Gasteiger partial charge < -0.3 is 19.8 Å². The number of hydrogen-bond donors (Lipinski definition) is 3. The molecule has 2 aliphatic heterocycles. The van der Waals surface area contributed by atoms with E-state index in [1.54, 1.807) is 17.9 Å². The van der Waals surface area contributed by atoms with Crippen molar-refractivity contribution in [3.05, 3.63) is 29.5 Å². The van der Waals surface area contributed by atoms with E-state index in [4.69, 9.17) is 4.52 Å². The Morgan fingerprint density at radius 1 is 1.31 bits per heavy atom. The van der Waals surface area contributed by atoms with Crippen molar-refractivity contribution < 1.29 is 27.4 Å². The van der Waals surface area contributed by atoms with Crippen LogP contribution in [0.5, 0.6) is 0 Å². The lowest BCUT2D eigenvalue weighted by molar-refractivity contribution is -0.128. The fourth-order valence-electron chi connectivity index (χ4n) is 4.59. The summed E-state index contributed by atoms with van der Waals surface area (Å²) in [5.74, 6) is 0.130. The van der Waals surface area contributed by atoms with Crippen molar-refractivity contribution in [2.75, 3.05) is 29.4 Å². The minimum atomic E-state index is -3.88. The molecule has 0 aromatic heterocycles. The van der Waals surface area contributed by atoms with E-state index in [1.165, 1.54) is 12.1 Å². The molecule has 1 saturated carbocycles. The predicted molar refractivity (Wildman–Crippen MR) is 137 cm³/mol. The molecule has 1 aliphatic carbocycles. The molecule has 1 aromatic rings. The van der Waals surface area contributed by atoms with Crippen molar-refractivity contribution in [2.45, 2.75) is 53.0 Å². The van der Waals surface area contributed by atoms with Gasteiger partial charge in [0.05, 0.1) is 29.9 Å². The number of aliphatic hydroxyl groups is 1. The summed E-state index contributed by atoms with van der Waals surface area (Å²) in [6.45, 7) is 8.14. The van der Waals surface area contributed by atoms with Crippen molar-refractivity contribution in [2.24, 2.45) is 16.1 Å². The van der Waals surface area contributed by atoms with Crippen molar-refractivity contribution in [1.82, 2.24) is 4.90 Å².